The highest BCUT2D eigenvalue weighted by Gasteiger charge is 2.23. The molecule has 0 aromatic heterocycles. The van der Waals surface area contributed by atoms with E-state index >= 15 is 0 Å². The molecule has 0 aliphatic heterocycles. The molecule has 1 heteroatoms. The van der Waals surface area contributed by atoms with Gasteiger partial charge >= 0.3 is 0 Å². The molecule has 0 atom stereocenters. The van der Waals surface area contributed by atoms with E-state index in [1.165, 1.54) is 43.8 Å². The summed E-state index contributed by atoms with van der Waals surface area (Å²) >= 11 is 0. The van der Waals surface area contributed by atoms with Crippen LogP contribution in [0.3, 0.4) is 0 Å². The Balaban J connectivity index is 1.95. The summed E-state index contributed by atoms with van der Waals surface area (Å²) < 4.78 is 0. The maximum atomic E-state index is 2.35. The highest BCUT2D eigenvalue weighted by molar-refractivity contribution is 7.80. The molecule has 27 heavy (non-hydrogen) atoms. The Morgan fingerprint density at radius 1 is 0.630 bits per heavy atom. The third-order valence-electron chi connectivity index (χ3n) is 5.25. The van der Waals surface area contributed by atoms with Gasteiger partial charge in [-0.2, -0.15) is 0 Å². The van der Waals surface area contributed by atoms with Gasteiger partial charge in [0.1, 0.15) is 0 Å². The van der Waals surface area contributed by atoms with Crippen LogP contribution in [-0.2, 0) is 0 Å². The van der Waals surface area contributed by atoms with Gasteiger partial charge in [0.25, 0.3) is 0 Å². The molecule has 0 N–H and O–H groups in total. The van der Waals surface area contributed by atoms with Crippen molar-refractivity contribution in [2.75, 3.05) is 0 Å². The van der Waals surface area contributed by atoms with E-state index in [1.54, 1.807) is 0 Å². The fraction of sp³-hybridized carbons (Fsp3) is 0.154. The van der Waals surface area contributed by atoms with Crippen LogP contribution in [-0.4, -0.2) is 0 Å². The van der Waals surface area contributed by atoms with Crippen LogP contribution in [0.25, 0.3) is 5.57 Å². The highest BCUT2D eigenvalue weighted by Crippen LogP contribution is 2.39. The summed E-state index contributed by atoms with van der Waals surface area (Å²) in [4.78, 5) is 0. The van der Waals surface area contributed by atoms with Crippen LogP contribution >= 0.6 is 7.92 Å². The lowest BCUT2D eigenvalue weighted by Crippen LogP contribution is -2.26. The molecule has 4 rings (SSSR count). The SMILES string of the molecule is CC1=CCC(c2ccccc2P(c2ccccc2C)c2ccccc2C)=C1. The van der Waals surface area contributed by atoms with Crippen molar-refractivity contribution in [3.05, 3.63) is 107 Å². The number of allylic oxidation sites excluding steroid dienone is 4. The molecule has 0 amide bonds. The molecular formula is C26H25P. The standard InChI is InChI=1S/C26H25P/c1-19-16-17-22(18-19)23-12-6-9-15-26(23)27(24-13-7-4-10-20(24)2)25-14-8-5-11-21(25)3/h4-16,18H,17H2,1-3H3. The maximum absolute atomic E-state index is 2.35. The predicted octanol–water partition coefficient (Wildman–Crippen LogP) is 5.80. The minimum Gasteiger partial charge on any atom is -0.0772 e. The van der Waals surface area contributed by atoms with Crippen molar-refractivity contribution in [1.29, 1.82) is 0 Å². The monoisotopic (exact) mass is 368 g/mol. The third-order valence-corrected chi connectivity index (χ3v) is 8.09. The molecule has 0 saturated heterocycles. The Morgan fingerprint density at radius 3 is 1.67 bits per heavy atom. The average molecular weight is 368 g/mol. The first-order chi connectivity index (χ1) is 13.1. The van der Waals surface area contributed by atoms with E-state index in [-0.39, 0.29) is 0 Å². The van der Waals surface area contributed by atoms with Gasteiger partial charge in [-0.25, -0.2) is 0 Å². The predicted molar refractivity (Wildman–Crippen MR) is 121 cm³/mol. The first kappa shape index (κ1) is 18.0. The van der Waals surface area contributed by atoms with Crippen LogP contribution in [0.1, 0.15) is 30.0 Å². The number of benzene rings is 3. The van der Waals surface area contributed by atoms with E-state index in [2.05, 4.69) is 106 Å². The molecule has 3 aromatic carbocycles. The van der Waals surface area contributed by atoms with E-state index in [4.69, 9.17) is 0 Å². The summed E-state index contributed by atoms with van der Waals surface area (Å²) in [7, 11) is -0.603. The van der Waals surface area contributed by atoms with E-state index < -0.39 is 7.92 Å². The van der Waals surface area contributed by atoms with E-state index in [0.717, 1.165) is 6.42 Å². The molecule has 1 aliphatic rings. The van der Waals surface area contributed by atoms with Crippen molar-refractivity contribution in [3.8, 4) is 0 Å². The van der Waals surface area contributed by atoms with Gasteiger partial charge in [-0.05, 0) is 73.3 Å². The van der Waals surface area contributed by atoms with Crippen LogP contribution in [0.2, 0.25) is 0 Å². The van der Waals surface area contributed by atoms with E-state index in [0.29, 0.717) is 0 Å². The summed E-state index contributed by atoms with van der Waals surface area (Å²) in [6, 6.07) is 26.8. The van der Waals surface area contributed by atoms with Crippen molar-refractivity contribution < 1.29 is 0 Å². The van der Waals surface area contributed by atoms with Gasteiger partial charge in [0.05, 0.1) is 0 Å². The summed E-state index contributed by atoms with van der Waals surface area (Å²) in [5.74, 6) is 0. The first-order valence-corrected chi connectivity index (χ1v) is 10.9. The second kappa shape index (κ2) is 7.67. The Hall–Kier alpha value is -2.43. The fourth-order valence-corrected chi connectivity index (χ4v) is 6.61. The molecule has 0 radical (unpaired) electrons. The second-order valence-electron chi connectivity index (χ2n) is 7.25. The summed E-state index contributed by atoms with van der Waals surface area (Å²) in [5, 5.41) is 4.38. The normalized spacial score (nSPS) is 13.6. The van der Waals surface area contributed by atoms with Gasteiger partial charge in [-0.3, -0.25) is 0 Å². The number of rotatable bonds is 4. The number of aryl methyl sites for hydroxylation is 2. The lowest BCUT2D eigenvalue weighted by Gasteiger charge is -2.25. The zero-order valence-electron chi connectivity index (χ0n) is 16.2. The van der Waals surface area contributed by atoms with Gasteiger partial charge in [0.15, 0.2) is 0 Å². The molecule has 1 aliphatic carbocycles. The lowest BCUT2D eigenvalue weighted by atomic mass is 10.1. The molecule has 0 saturated carbocycles. The molecule has 0 unspecified atom stereocenters. The van der Waals surface area contributed by atoms with E-state index in [9.17, 15) is 0 Å². The van der Waals surface area contributed by atoms with Crippen molar-refractivity contribution in [2.45, 2.75) is 27.2 Å². The van der Waals surface area contributed by atoms with Crippen molar-refractivity contribution in [2.24, 2.45) is 0 Å². The van der Waals surface area contributed by atoms with Crippen LogP contribution in [0.15, 0.2) is 90.5 Å². The largest absolute Gasteiger partial charge is 0.0772 e. The fourth-order valence-electron chi connectivity index (χ4n) is 3.81. The molecule has 134 valence electrons. The van der Waals surface area contributed by atoms with Crippen LogP contribution in [0.4, 0.5) is 0 Å². The average Bonchev–Trinajstić information content (AvgIpc) is 3.11. The molecule has 0 fully saturated rings. The molecular weight excluding hydrogens is 343 g/mol. The Morgan fingerprint density at radius 2 is 1.15 bits per heavy atom. The Kier molecular flexibility index (Phi) is 5.10. The zero-order valence-corrected chi connectivity index (χ0v) is 17.1. The third kappa shape index (κ3) is 3.55. The quantitative estimate of drug-likeness (QED) is 0.511. The van der Waals surface area contributed by atoms with Crippen LogP contribution < -0.4 is 15.9 Å². The Labute approximate surface area is 164 Å². The molecule has 0 heterocycles. The van der Waals surface area contributed by atoms with Crippen LogP contribution in [0, 0.1) is 13.8 Å². The molecule has 3 aromatic rings. The van der Waals surface area contributed by atoms with Crippen molar-refractivity contribution >= 4 is 29.4 Å². The van der Waals surface area contributed by atoms with Crippen molar-refractivity contribution in [1.82, 2.24) is 0 Å². The van der Waals surface area contributed by atoms with Crippen molar-refractivity contribution in [3.63, 3.8) is 0 Å². The number of hydrogen-bond acceptors (Lipinski definition) is 0. The minimum atomic E-state index is -0.603. The smallest absolute Gasteiger partial charge is 0.00756 e. The Bertz CT molecular complexity index is 994. The summed E-state index contributed by atoms with van der Waals surface area (Å²) in [5.41, 5.74) is 6.96. The minimum absolute atomic E-state index is 0.603. The maximum Gasteiger partial charge on any atom is -0.00756 e. The van der Waals surface area contributed by atoms with Gasteiger partial charge in [-0.15, -0.1) is 0 Å². The second-order valence-corrected chi connectivity index (χ2v) is 9.36. The van der Waals surface area contributed by atoms with Gasteiger partial charge in [0, 0.05) is 0 Å². The summed E-state index contributed by atoms with van der Waals surface area (Å²) in [6.45, 7) is 6.68. The topological polar surface area (TPSA) is 0 Å². The van der Waals surface area contributed by atoms with Crippen LogP contribution in [0.5, 0.6) is 0 Å². The van der Waals surface area contributed by atoms with Gasteiger partial charge in [0.2, 0.25) is 0 Å². The highest BCUT2D eigenvalue weighted by atomic mass is 31.1. The molecule has 0 spiro atoms. The molecule has 0 bridgehead atoms. The first-order valence-electron chi connectivity index (χ1n) is 9.53. The van der Waals surface area contributed by atoms with Gasteiger partial charge in [-0.1, -0.05) is 90.5 Å². The zero-order chi connectivity index (χ0) is 18.8. The van der Waals surface area contributed by atoms with Gasteiger partial charge < -0.3 is 0 Å². The lowest BCUT2D eigenvalue weighted by molar-refractivity contribution is 1.42. The molecule has 0 nitrogen and oxygen atoms in total. The number of hydrogen-bond donors (Lipinski definition) is 0. The summed E-state index contributed by atoms with van der Waals surface area (Å²) in [6.07, 6.45) is 5.71. The van der Waals surface area contributed by atoms with E-state index in [1.807, 2.05) is 0 Å².